The van der Waals surface area contributed by atoms with Gasteiger partial charge in [0.15, 0.2) is 16.7 Å². The van der Waals surface area contributed by atoms with Crippen LogP contribution in [0.25, 0.3) is 10.2 Å². The molecule has 0 fully saturated rings. The summed E-state index contributed by atoms with van der Waals surface area (Å²) in [5.41, 5.74) is 0.623. The number of ether oxygens (including phenoxy) is 1. The van der Waals surface area contributed by atoms with Gasteiger partial charge in [0.2, 0.25) is 0 Å². The Balaban J connectivity index is 1.94. The lowest BCUT2D eigenvalue weighted by atomic mass is 10.3. The molecule has 120 valence electrons. The SMILES string of the molecule is COc1ccc(S(=O)(=O)Nc2nc3ccc(Cl)cc3s2)cc1F. The highest BCUT2D eigenvalue weighted by atomic mass is 35.5. The lowest BCUT2D eigenvalue weighted by Crippen LogP contribution is -2.13. The predicted molar refractivity (Wildman–Crippen MR) is 88.4 cm³/mol. The minimum atomic E-state index is -3.95. The zero-order valence-electron chi connectivity index (χ0n) is 11.7. The van der Waals surface area contributed by atoms with Gasteiger partial charge in [-0.05, 0) is 36.4 Å². The van der Waals surface area contributed by atoms with Gasteiger partial charge >= 0.3 is 0 Å². The number of hydrogen-bond acceptors (Lipinski definition) is 5. The van der Waals surface area contributed by atoms with Crippen molar-refractivity contribution in [3.05, 3.63) is 47.2 Å². The Hall–Kier alpha value is -1.90. The molecule has 3 aromatic rings. The van der Waals surface area contributed by atoms with E-state index in [2.05, 4.69) is 9.71 Å². The van der Waals surface area contributed by atoms with E-state index in [0.717, 1.165) is 22.1 Å². The molecule has 0 saturated carbocycles. The number of halogens is 2. The van der Waals surface area contributed by atoms with Crippen molar-refractivity contribution in [3.8, 4) is 5.75 Å². The van der Waals surface area contributed by atoms with E-state index in [9.17, 15) is 12.8 Å². The normalized spacial score (nSPS) is 11.6. The average Bonchev–Trinajstić information content (AvgIpc) is 2.87. The summed E-state index contributed by atoms with van der Waals surface area (Å²) in [4.78, 5) is 3.96. The van der Waals surface area contributed by atoms with Gasteiger partial charge < -0.3 is 4.74 Å². The Morgan fingerprint density at radius 1 is 1.26 bits per heavy atom. The molecule has 0 aliphatic rings. The second kappa shape index (κ2) is 5.95. The van der Waals surface area contributed by atoms with Gasteiger partial charge in [-0.3, -0.25) is 4.72 Å². The summed E-state index contributed by atoms with van der Waals surface area (Å²) < 4.78 is 46.2. The van der Waals surface area contributed by atoms with Gasteiger partial charge in [0, 0.05) is 5.02 Å². The summed E-state index contributed by atoms with van der Waals surface area (Å²) in [5, 5.41) is 0.714. The Morgan fingerprint density at radius 3 is 2.74 bits per heavy atom. The summed E-state index contributed by atoms with van der Waals surface area (Å²) >= 11 is 7.03. The van der Waals surface area contributed by atoms with Crippen LogP contribution in [-0.4, -0.2) is 20.5 Å². The second-order valence-electron chi connectivity index (χ2n) is 4.53. The van der Waals surface area contributed by atoms with Crippen LogP contribution in [0.1, 0.15) is 0 Å². The zero-order chi connectivity index (χ0) is 16.6. The molecule has 0 amide bonds. The van der Waals surface area contributed by atoms with E-state index in [0.29, 0.717) is 10.5 Å². The van der Waals surface area contributed by atoms with Gasteiger partial charge in [-0.1, -0.05) is 22.9 Å². The molecule has 23 heavy (non-hydrogen) atoms. The minimum absolute atomic E-state index is 0.0291. The molecule has 1 N–H and O–H groups in total. The summed E-state index contributed by atoms with van der Waals surface area (Å²) in [7, 11) is -2.65. The van der Waals surface area contributed by atoms with Crippen LogP contribution >= 0.6 is 22.9 Å². The molecule has 0 aliphatic heterocycles. The first-order chi connectivity index (χ1) is 10.9. The van der Waals surface area contributed by atoms with Crippen molar-refractivity contribution in [1.29, 1.82) is 0 Å². The number of fused-ring (bicyclic) bond motifs is 1. The van der Waals surface area contributed by atoms with Crippen LogP contribution in [-0.2, 0) is 10.0 Å². The molecule has 0 saturated heterocycles. The van der Waals surface area contributed by atoms with Gasteiger partial charge in [-0.2, -0.15) is 0 Å². The monoisotopic (exact) mass is 372 g/mol. The number of methoxy groups -OCH3 is 1. The number of anilines is 1. The van der Waals surface area contributed by atoms with Crippen molar-refractivity contribution in [2.75, 3.05) is 11.8 Å². The molecule has 0 aliphatic carbocycles. The first-order valence-corrected chi connectivity index (χ1v) is 8.99. The number of sulfonamides is 1. The quantitative estimate of drug-likeness (QED) is 0.754. The number of thiazole rings is 1. The third-order valence-electron chi connectivity index (χ3n) is 3.01. The highest BCUT2D eigenvalue weighted by Crippen LogP contribution is 2.30. The van der Waals surface area contributed by atoms with E-state index in [1.807, 2.05) is 0 Å². The lowest BCUT2D eigenvalue weighted by Gasteiger charge is -2.07. The topological polar surface area (TPSA) is 68.3 Å². The zero-order valence-corrected chi connectivity index (χ0v) is 14.1. The fourth-order valence-corrected chi connectivity index (χ4v) is 4.32. The van der Waals surface area contributed by atoms with Crippen molar-refractivity contribution in [3.63, 3.8) is 0 Å². The van der Waals surface area contributed by atoms with E-state index >= 15 is 0 Å². The summed E-state index contributed by atoms with van der Waals surface area (Å²) in [5.74, 6) is -0.787. The van der Waals surface area contributed by atoms with E-state index in [4.69, 9.17) is 16.3 Å². The number of benzene rings is 2. The van der Waals surface area contributed by atoms with Gasteiger partial charge in [0.1, 0.15) is 0 Å². The number of nitrogens with zero attached hydrogens (tertiary/aromatic N) is 1. The molecule has 0 spiro atoms. The first kappa shape index (κ1) is 16.0. The molecular formula is C14H10ClFN2O3S2. The fourth-order valence-electron chi connectivity index (χ4n) is 1.93. The standard InChI is InChI=1S/C14H10ClFN2O3S2/c1-21-12-5-3-9(7-10(12)16)23(19,20)18-14-17-11-4-2-8(15)6-13(11)22-14/h2-7H,1H3,(H,17,18). The Labute approximate surface area is 140 Å². The van der Waals surface area contributed by atoms with Crippen LogP contribution in [0, 0.1) is 5.82 Å². The van der Waals surface area contributed by atoms with Crippen molar-refractivity contribution < 1.29 is 17.5 Å². The highest BCUT2D eigenvalue weighted by molar-refractivity contribution is 7.93. The summed E-state index contributed by atoms with van der Waals surface area (Å²) in [6.07, 6.45) is 0. The van der Waals surface area contributed by atoms with Crippen molar-refractivity contribution >= 4 is 48.3 Å². The maximum Gasteiger partial charge on any atom is 0.263 e. The number of hydrogen-bond donors (Lipinski definition) is 1. The van der Waals surface area contributed by atoms with Crippen LogP contribution in [0.4, 0.5) is 9.52 Å². The van der Waals surface area contributed by atoms with E-state index < -0.39 is 15.8 Å². The number of rotatable bonds is 4. The maximum absolute atomic E-state index is 13.7. The summed E-state index contributed by atoms with van der Waals surface area (Å²) in [6.45, 7) is 0. The van der Waals surface area contributed by atoms with Crippen LogP contribution < -0.4 is 9.46 Å². The molecule has 0 radical (unpaired) electrons. The highest BCUT2D eigenvalue weighted by Gasteiger charge is 2.18. The van der Waals surface area contributed by atoms with Gasteiger partial charge in [-0.25, -0.2) is 17.8 Å². The fraction of sp³-hybridized carbons (Fsp3) is 0.0714. The van der Waals surface area contributed by atoms with E-state index in [-0.39, 0.29) is 15.8 Å². The van der Waals surface area contributed by atoms with Crippen molar-refractivity contribution in [2.24, 2.45) is 0 Å². The van der Waals surface area contributed by atoms with Crippen LogP contribution in [0.3, 0.4) is 0 Å². The predicted octanol–water partition coefficient (Wildman–Crippen LogP) is 3.90. The van der Waals surface area contributed by atoms with Crippen LogP contribution in [0.2, 0.25) is 5.02 Å². The average molecular weight is 373 g/mol. The molecule has 0 unspecified atom stereocenters. The molecule has 1 heterocycles. The van der Waals surface area contributed by atoms with E-state index in [1.165, 1.54) is 19.2 Å². The molecule has 1 aromatic heterocycles. The van der Waals surface area contributed by atoms with Gasteiger partial charge in [-0.15, -0.1) is 0 Å². The third kappa shape index (κ3) is 3.24. The first-order valence-electron chi connectivity index (χ1n) is 6.31. The van der Waals surface area contributed by atoms with Gasteiger partial charge in [0.05, 0.1) is 22.2 Å². The Bertz CT molecular complexity index is 989. The van der Waals surface area contributed by atoms with Gasteiger partial charge in [0.25, 0.3) is 10.0 Å². The molecule has 2 aromatic carbocycles. The number of nitrogens with one attached hydrogen (secondary N) is 1. The largest absolute Gasteiger partial charge is 0.494 e. The molecule has 5 nitrogen and oxygen atoms in total. The van der Waals surface area contributed by atoms with Crippen LogP contribution in [0.5, 0.6) is 5.75 Å². The molecule has 0 bridgehead atoms. The minimum Gasteiger partial charge on any atom is -0.494 e. The number of aromatic nitrogens is 1. The lowest BCUT2D eigenvalue weighted by molar-refractivity contribution is 0.385. The molecule has 3 rings (SSSR count). The maximum atomic E-state index is 13.7. The smallest absolute Gasteiger partial charge is 0.263 e. The molecular weight excluding hydrogens is 363 g/mol. The van der Waals surface area contributed by atoms with Crippen molar-refractivity contribution in [2.45, 2.75) is 4.90 Å². The molecule has 0 atom stereocenters. The van der Waals surface area contributed by atoms with E-state index in [1.54, 1.807) is 18.2 Å². The Kier molecular flexibility index (Phi) is 4.13. The molecule has 9 heteroatoms. The van der Waals surface area contributed by atoms with Crippen molar-refractivity contribution in [1.82, 2.24) is 4.98 Å². The summed E-state index contributed by atoms with van der Waals surface area (Å²) in [6, 6.07) is 8.46. The Morgan fingerprint density at radius 2 is 2.04 bits per heavy atom. The second-order valence-corrected chi connectivity index (χ2v) is 7.68. The third-order valence-corrected chi connectivity index (χ3v) is 5.64. The van der Waals surface area contributed by atoms with Crippen LogP contribution in [0.15, 0.2) is 41.3 Å².